The van der Waals surface area contributed by atoms with Crippen molar-refractivity contribution in [2.45, 2.75) is 11.8 Å². The average molecular weight is 341 g/mol. The molecule has 122 valence electrons. The summed E-state index contributed by atoms with van der Waals surface area (Å²) in [5.74, 6) is -3.93. The molecule has 0 aliphatic heterocycles. The van der Waals surface area contributed by atoms with Gasteiger partial charge in [0.1, 0.15) is 0 Å². The van der Waals surface area contributed by atoms with Gasteiger partial charge in [0, 0.05) is 11.9 Å². The van der Waals surface area contributed by atoms with E-state index in [2.05, 4.69) is 5.32 Å². The van der Waals surface area contributed by atoms with Gasteiger partial charge in [0.25, 0.3) is 0 Å². The molecule has 0 unspecified atom stereocenters. The molecule has 2 rings (SSSR count). The van der Waals surface area contributed by atoms with Crippen molar-refractivity contribution in [1.29, 1.82) is 0 Å². The molecule has 0 atom stereocenters. The first-order valence-electron chi connectivity index (χ1n) is 6.40. The Hall–Kier alpha value is -2.48. The Morgan fingerprint density at radius 3 is 2.35 bits per heavy atom. The van der Waals surface area contributed by atoms with Crippen molar-refractivity contribution in [2.75, 3.05) is 11.6 Å². The number of anilines is 2. The molecule has 23 heavy (non-hydrogen) atoms. The highest BCUT2D eigenvalue weighted by Gasteiger charge is 2.19. The number of carbonyl (C=O) groups is 1. The van der Waals surface area contributed by atoms with Crippen LogP contribution in [0.15, 0.2) is 35.2 Å². The minimum Gasteiger partial charge on any atom is -0.478 e. The minimum absolute atomic E-state index is 0.0683. The summed E-state index contributed by atoms with van der Waals surface area (Å²) in [6, 6.07) is 5.69. The number of nitrogens with one attached hydrogen (secondary N) is 1. The molecule has 5 nitrogen and oxygen atoms in total. The monoisotopic (exact) mass is 341 g/mol. The molecular formula is C15H13F2NO4S. The summed E-state index contributed by atoms with van der Waals surface area (Å²) in [6.45, 7) is 1.56. The van der Waals surface area contributed by atoms with E-state index >= 15 is 0 Å². The van der Waals surface area contributed by atoms with E-state index in [9.17, 15) is 22.0 Å². The molecule has 2 aromatic rings. The highest BCUT2D eigenvalue weighted by atomic mass is 32.2. The van der Waals surface area contributed by atoms with Crippen molar-refractivity contribution in [2.24, 2.45) is 0 Å². The molecule has 0 radical (unpaired) electrons. The van der Waals surface area contributed by atoms with Crippen LogP contribution in [0.5, 0.6) is 0 Å². The van der Waals surface area contributed by atoms with Crippen molar-refractivity contribution >= 4 is 27.2 Å². The number of carboxylic acids is 1. The number of carboxylic acid groups (broad SMARTS) is 1. The van der Waals surface area contributed by atoms with Crippen LogP contribution in [0, 0.1) is 18.6 Å². The van der Waals surface area contributed by atoms with E-state index < -0.39 is 38.7 Å². The van der Waals surface area contributed by atoms with Crippen molar-refractivity contribution in [3.8, 4) is 0 Å². The molecule has 2 N–H and O–H groups in total. The molecule has 0 saturated carbocycles. The van der Waals surface area contributed by atoms with Gasteiger partial charge in [-0.05, 0) is 42.8 Å². The summed E-state index contributed by atoms with van der Waals surface area (Å²) in [7, 11) is -3.41. The lowest BCUT2D eigenvalue weighted by atomic mass is 10.1. The Morgan fingerprint density at radius 2 is 1.83 bits per heavy atom. The quantitative estimate of drug-likeness (QED) is 0.893. The Bertz CT molecular complexity index is 895. The van der Waals surface area contributed by atoms with Gasteiger partial charge in [-0.3, -0.25) is 0 Å². The normalized spacial score (nSPS) is 11.3. The second-order valence-corrected chi connectivity index (χ2v) is 6.98. The maximum atomic E-state index is 13.9. The summed E-state index contributed by atoms with van der Waals surface area (Å²) >= 11 is 0. The first-order valence-corrected chi connectivity index (χ1v) is 8.29. The molecule has 2 aromatic carbocycles. The third kappa shape index (κ3) is 3.48. The Labute approximate surface area is 131 Å². The lowest BCUT2D eigenvalue weighted by Crippen LogP contribution is -2.07. The molecule has 0 amide bonds. The third-order valence-electron chi connectivity index (χ3n) is 3.21. The van der Waals surface area contributed by atoms with Gasteiger partial charge in [0.05, 0.1) is 16.1 Å². The van der Waals surface area contributed by atoms with Crippen LogP contribution < -0.4 is 5.32 Å². The zero-order valence-electron chi connectivity index (χ0n) is 12.2. The van der Waals surface area contributed by atoms with Crippen LogP contribution in [0.2, 0.25) is 0 Å². The Kier molecular flexibility index (Phi) is 4.37. The molecule has 0 aromatic heterocycles. The Balaban J connectivity index is 2.52. The summed E-state index contributed by atoms with van der Waals surface area (Å²) in [6.07, 6.45) is 1.05. The third-order valence-corrected chi connectivity index (χ3v) is 4.32. The summed E-state index contributed by atoms with van der Waals surface area (Å²) < 4.78 is 50.2. The van der Waals surface area contributed by atoms with Crippen LogP contribution in [0.3, 0.4) is 0 Å². The van der Waals surface area contributed by atoms with Crippen molar-refractivity contribution in [1.82, 2.24) is 0 Å². The topological polar surface area (TPSA) is 83.5 Å². The number of aromatic carboxylic acids is 1. The number of hydrogen-bond donors (Lipinski definition) is 2. The second kappa shape index (κ2) is 5.96. The molecular weight excluding hydrogens is 328 g/mol. The van der Waals surface area contributed by atoms with Gasteiger partial charge < -0.3 is 10.4 Å². The van der Waals surface area contributed by atoms with E-state index in [0.717, 1.165) is 18.4 Å². The SMILES string of the molecule is Cc1cc(S(C)(=O)=O)ccc1Nc1c(C(=O)O)ccc(F)c1F. The number of aryl methyl sites for hydroxylation is 1. The lowest BCUT2D eigenvalue weighted by molar-refractivity contribution is 0.0697. The molecule has 0 spiro atoms. The van der Waals surface area contributed by atoms with E-state index in [4.69, 9.17) is 5.11 Å². The standard InChI is InChI=1S/C15H13F2NO4S/c1-8-7-9(23(2,21)22)3-6-12(8)18-14-10(15(19)20)4-5-11(16)13(14)17/h3-7,18H,1-2H3,(H,19,20). The van der Waals surface area contributed by atoms with Gasteiger partial charge in [0.2, 0.25) is 0 Å². The largest absolute Gasteiger partial charge is 0.478 e. The van der Waals surface area contributed by atoms with Crippen LogP contribution in [-0.2, 0) is 9.84 Å². The van der Waals surface area contributed by atoms with Gasteiger partial charge in [-0.25, -0.2) is 22.0 Å². The van der Waals surface area contributed by atoms with Gasteiger partial charge in [-0.1, -0.05) is 0 Å². The maximum Gasteiger partial charge on any atom is 0.337 e. The predicted molar refractivity (Wildman–Crippen MR) is 80.9 cm³/mol. The molecule has 0 heterocycles. The van der Waals surface area contributed by atoms with E-state index in [1.807, 2.05) is 0 Å². The van der Waals surface area contributed by atoms with Gasteiger partial charge in [0.15, 0.2) is 21.5 Å². The van der Waals surface area contributed by atoms with E-state index in [1.54, 1.807) is 6.92 Å². The van der Waals surface area contributed by atoms with Crippen LogP contribution >= 0.6 is 0 Å². The number of sulfone groups is 1. The van der Waals surface area contributed by atoms with Crippen LogP contribution in [-0.4, -0.2) is 25.7 Å². The Morgan fingerprint density at radius 1 is 1.17 bits per heavy atom. The maximum absolute atomic E-state index is 13.9. The second-order valence-electron chi connectivity index (χ2n) is 4.96. The van der Waals surface area contributed by atoms with Crippen LogP contribution in [0.4, 0.5) is 20.2 Å². The fourth-order valence-corrected chi connectivity index (χ4v) is 2.70. The molecule has 8 heteroatoms. The number of hydrogen-bond acceptors (Lipinski definition) is 4. The van der Waals surface area contributed by atoms with Gasteiger partial charge in [-0.15, -0.1) is 0 Å². The highest BCUT2D eigenvalue weighted by Crippen LogP contribution is 2.29. The van der Waals surface area contributed by atoms with E-state index in [1.165, 1.54) is 18.2 Å². The zero-order valence-corrected chi connectivity index (χ0v) is 13.0. The summed E-state index contributed by atoms with van der Waals surface area (Å²) in [5, 5.41) is 11.6. The average Bonchev–Trinajstić information content (AvgIpc) is 2.44. The first-order chi connectivity index (χ1) is 10.6. The van der Waals surface area contributed by atoms with Crippen LogP contribution in [0.25, 0.3) is 0 Å². The summed E-state index contributed by atoms with van der Waals surface area (Å²) in [4.78, 5) is 11.2. The van der Waals surface area contributed by atoms with Crippen LogP contribution in [0.1, 0.15) is 15.9 Å². The van der Waals surface area contributed by atoms with E-state index in [0.29, 0.717) is 5.56 Å². The number of halogens is 2. The fourth-order valence-electron chi connectivity index (χ4n) is 1.99. The molecule has 0 fully saturated rings. The molecule has 0 bridgehead atoms. The summed E-state index contributed by atoms with van der Waals surface area (Å²) in [5.41, 5.74) is -0.250. The fraction of sp³-hybridized carbons (Fsp3) is 0.133. The van der Waals surface area contributed by atoms with Crippen molar-refractivity contribution in [3.05, 3.63) is 53.1 Å². The van der Waals surface area contributed by atoms with Crippen molar-refractivity contribution in [3.63, 3.8) is 0 Å². The predicted octanol–water partition coefficient (Wildman–Crippen LogP) is 3.12. The first kappa shape index (κ1) is 16.9. The van der Waals surface area contributed by atoms with Gasteiger partial charge >= 0.3 is 5.97 Å². The van der Waals surface area contributed by atoms with E-state index in [-0.39, 0.29) is 10.6 Å². The molecule has 0 aliphatic rings. The zero-order chi connectivity index (χ0) is 17.4. The highest BCUT2D eigenvalue weighted by molar-refractivity contribution is 7.90. The lowest BCUT2D eigenvalue weighted by Gasteiger charge is -2.14. The molecule has 0 saturated heterocycles. The number of rotatable bonds is 4. The smallest absolute Gasteiger partial charge is 0.337 e. The minimum atomic E-state index is -3.41. The van der Waals surface area contributed by atoms with Crippen molar-refractivity contribution < 1.29 is 27.1 Å². The molecule has 0 aliphatic carbocycles. The van der Waals surface area contributed by atoms with Gasteiger partial charge in [-0.2, -0.15) is 0 Å². The number of benzene rings is 2.